The van der Waals surface area contributed by atoms with Crippen LogP contribution in [0.4, 0.5) is 0 Å². The Bertz CT molecular complexity index is 317. The van der Waals surface area contributed by atoms with Crippen LogP contribution in [0.25, 0.3) is 0 Å². The van der Waals surface area contributed by atoms with Crippen molar-refractivity contribution >= 4 is 0 Å². The Kier molecular flexibility index (Phi) is 4.68. The summed E-state index contributed by atoms with van der Waals surface area (Å²) in [6, 6.07) is 8.48. The van der Waals surface area contributed by atoms with Gasteiger partial charge in [-0.2, -0.15) is 0 Å². The van der Waals surface area contributed by atoms with E-state index in [-0.39, 0.29) is 0 Å². The van der Waals surface area contributed by atoms with Crippen molar-refractivity contribution in [2.24, 2.45) is 0 Å². The average molecular weight is 235 g/mol. The summed E-state index contributed by atoms with van der Waals surface area (Å²) in [6.07, 6.45) is 3.67. The summed E-state index contributed by atoms with van der Waals surface area (Å²) in [6.45, 7) is 4.63. The zero-order valence-electron chi connectivity index (χ0n) is 10.4. The van der Waals surface area contributed by atoms with E-state index in [1.807, 2.05) is 31.2 Å². The molecule has 0 radical (unpaired) electrons. The molecule has 0 aromatic heterocycles. The molecule has 94 valence electrons. The summed E-state index contributed by atoms with van der Waals surface area (Å²) < 4.78 is 11.1. The van der Waals surface area contributed by atoms with E-state index < -0.39 is 0 Å². The predicted octanol–water partition coefficient (Wildman–Crippen LogP) is 2.61. The second kappa shape index (κ2) is 6.50. The highest BCUT2D eigenvalue weighted by molar-refractivity contribution is 5.31. The molecule has 3 nitrogen and oxygen atoms in total. The number of benzene rings is 1. The zero-order valence-corrected chi connectivity index (χ0v) is 10.4. The molecular formula is C14H21NO2. The zero-order chi connectivity index (χ0) is 11.9. The van der Waals surface area contributed by atoms with Gasteiger partial charge in [-0.25, -0.2) is 0 Å². The number of hydrogen-bond donors (Lipinski definition) is 1. The lowest BCUT2D eigenvalue weighted by Gasteiger charge is -2.11. The van der Waals surface area contributed by atoms with Crippen LogP contribution in [-0.4, -0.2) is 25.8 Å². The minimum atomic E-state index is 0.651. The highest BCUT2D eigenvalue weighted by Gasteiger charge is 2.13. The average Bonchev–Trinajstić information content (AvgIpc) is 2.85. The summed E-state index contributed by atoms with van der Waals surface area (Å²) in [5.74, 6) is 1.82. The first-order valence-corrected chi connectivity index (χ1v) is 6.47. The van der Waals surface area contributed by atoms with Gasteiger partial charge < -0.3 is 14.8 Å². The van der Waals surface area contributed by atoms with Gasteiger partial charge in [-0.3, -0.25) is 0 Å². The summed E-state index contributed by atoms with van der Waals surface area (Å²) in [7, 11) is 0. The highest BCUT2D eigenvalue weighted by Crippen LogP contribution is 2.18. The Labute approximate surface area is 103 Å². The molecule has 0 aliphatic carbocycles. The van der Waals surface area contributed by atoms with E-state index in [4.69, 9.17) is 9.47 Å². The molecule has 1 saturated heterocycles. The van der Waals surface area contributed by atoms with E-state index in [0.29, 0.717) is 12.6 Å². The first-order valence-electron chi connectivity index (χ1n) is 6.47. The number of hydrogen-bond acceptors (Lipinski definition) is 3. The van der Waals surface area contributed by atoms with Gasteiger partial charge in [0.25, 0.3) is 0 Å². The molecule has 3 heteroatoms. The van der Waals surface area contributed by atoms with Crippen molar-refractivity contribution in [1.82, 2.24) is 5.32 Å². The Balaban J connectivity index is 1.70. The van der Waals surface area contributed by atoms with Crippen molar-refractivity contribution in [2.75, 3.05) is 19.8 Å². The molecule has 1 aromatic carbocycles. The maximum atomic E-state index is 5.71. The lowest BCUT2D eigenvalue weighted by atomic mass is 10.2. The van der Waals surface area contributed by atoms with Gasteiger partial charge in [0.05, 0.1) is 13.2 Å². The standard InChI is InChI=1S/C14H21NO2/c1-2-16-13-5-7-14(8-6-13)17-11-9-12-4-3-10-15-12/h5-8,12,15H,2-4,9-11H2,1H3. The van der Waals surface area contributed by atoms with E-state index in [9.17, 15) is 0 Å². The van der Waals surface area contributed by atoms with Crippen molar-refractivity contribution in [2.45, 2.75) is 32.2 Å². The summed E-state index contributed by atoms with van der Waals surface area (Å²) in [5, 5.41) is 3.47. The Hall–Kier alpha value is -1.22. The lowest BCUT2D eigenvalue weighted by Crippen LogP contribution is -2.23. The molecule has 0 spiro atoms. The van der Waals surface area contributed by atoms with Crippen LogP contribution in [0.3, 0.4) is 0 Å². The van der Waals surface area contributed by atoms with Crippen LogP contribution in [-0.2, 0) is 0 Å². The van der Waals surface area contributed by atoms with E-state index in [2.05, 4.69) is 5.32 Å². The molecule has 1 unspecified atom stereocenters. The Morgan fingerprint density at radius 1 is 1.18 bits per heavy atom. The molecule has 1 N–H and O–H groups in total. The van der Waals surface area contributed by atoms with Crippen molar-refractivity contribution in [3.8, 4) is 11.5 Å². The second-order valence-corrected chi connectivity index (χ2v) is 4.33. The third-order valence-electron chi connectivity index (χ3n) is 3.03. The van der Waals surface area contributed by atoms with Gasteiger partial charge in [0, 0.05) is 6.04 Å². The molecular weight excluding hydrogens is 214 g/mol. The minimum absolute atomic E-state index is 0.651. The van der Waals surface area contributed by atoms with Crippen LogP contribution >= 0.6 is 0 Å². The molecule has 0 amide bonds. The second-order valence-electron chi connectivity index (χ2n) is 4.33. The maximum absolute atomic E-state index is 5.71. The summed E-state index contributed by atoms with van der Waals surface area (Å²) >= 11 is 0. The number of rotatable bonds is 6. The van der Waals surface area contributed by atoms with Gasteiger partial charge in [-0.05, 0) is 57.0 Å². The third kappa shape index (κ3) is 3.93. The van der Waals surface area contributed by atoms with Crippen LogP contribution in [0.1, 0.15) is 26.2 Å². The Morgan fingerprint density at radius 2 is 1.88 bits per heavy atom. The molecule has 1 aliphatic rings. The molecule has 1 atom stereocenters. The summed E-state index contributed by atoms with van der Waals surface area (Å²) in [4.78, 5) is 0. The largest absolute Gasteiger partial charge is 0.494 e. The molecule has 1 heterocycles. The first kappa shape index (κ1) is 12.2. The van der Waals surface area contributed by atoms with Gasteiger partial charge in [-0.1, -0.05) is 0 Å². The van der Waals surface area contributed by atoms with E-state index in [1.54, 1.807) is 0 Å². The maximum Gasteiger partial charge on any atom is 0.119 e. The monoisotopic (exact) mass is 235 g/mol. The SMILES string of the molecule is CCOc1ccc(OCCC2CCCN2)cc1. The van der Waals surface area contributed by atoms with Crippen LogP contribution in [0, 0.1) is 0 Å². The molecule has 17 heavy (non-hydrogen) atoms. The first-order chi connectivity index (χ1) is 8.38. The molecule has 1 fully saturated rings. The predicted molar refractivity (Wildman–Crippen MR) is 68.7 cm³/mol. The van der Waals surface area contributed by atoms with Gasteiger partial charge in [0.2, 0.25) is 0 Å². The fourth-order valence-corrected chi connectivity index (χ4v) is 2.12. The molecule has 2 rings (SSSR count). The molecule has 1 aliphatic heterocycles. The van der Waals surface area contributed by atoms with E-state index in [0.717, 1.165) is 31.1 Å². The van der Waals surface area contributed by atoms with Crippen molar-refractivity contribution in [1.29, 1.82) is 0 Å². The van der Waals surface area contributed by atoms with E-state index >= 15 is 0 Å². The molecule has 1 aromatic rings. The summed E-state index contributed by atoms with van der Waals surface area (Å²) in [5.41, 5.74) is 0. The fraction of sp³-hybridized carbons (Fsp3) is 0.571. The van der Waals surface area contributed by atoms with Gasteiger partial charge in [0.15, 0.2) is 0 Å². The minimum Gasteiger partial charge on any atom is -0.494 e. The van der Waals surface area contributed by atoms with Crippen LogP contribution < -0.4 is 14.8 Å². The van der Waals surface area contributed by atoms with Crippen LogP contribution in [0.5, 0.6) is 11.5 Å². The fourth-order valence-electron chi connectivity index (χ4n) is 2.12. The van der Waals surface area contributed by atoms with Gasteiger partial charge in [-0.15, -0.1) is 0 Å². The van der Waals surface area contributed by atoms with Gasteiger partial charge >= 0.3 is 0 Å². The topological polar surface area (TPSA) is 30.5 Å². The number of nitrogens with one attached hydrogen (secondary N) is 1. The Morgan fingerprint density at radius 3 is 2.47 bits per heavy atom. The normalized spacial score (nSPS) is 19.2. The van der Waals surface area contributed by atoms with Gasteiger partial charge in [0.1, 0.15) is 11.5 Å². The van der Waals surface area contributed by atoms with Crippen LogP contribution in [0.2, 0.25) is 0 Å². The van der Waals surface area contributed by atoms with Crippen molar-refractivity contribution in [3.05, 3.63) is 24.3 Å². The van der Waals surface area contributed by atoms with E-state index in [1.165, 1.54) is 12.8 Å². The van der Waals surface area contributed by atoms with Crippen molar-refractivity contribution < 1.29 is 9.47 Å². The quantitative estimate of drug-likeness (QED) is 0.822. The number of ether oxygens (including phenoxy) is 2. The molecule has 0 saturated carbocycles. The van der Waals surface area contributed by atoms with Crippen molar-refractivity contribution in [3.63, 3.8) is 0 Å². The third-order valence-corrected chi connectivity index (χ3v) is 3.03. The van der Waals surface area contributed by atoms with Crippen LogP contribution in [0.15, 0.2) is 24.3 Å². The molecule has 0 bridgehead atoms. The smallest absolute Gasteiger partial charge is 0.119 e. The highest BCUT2D eigenvalue weighted by atomic mass is 16.5. The lowest BCUT2D eigenvalue weighted by molar-refractivity contribution is 0.291.